The first kappa shape index (κ1) is 15.4. The van der Waals surface area contributed by atoms with Crippen LogP contribution in [0.5, 0.6) is 0 Å². The molecular weight excluding hydrogens is 253 g/mol. The Morgan fingerprint density at radius 1 is 1.33 bits per heavy atom. The van der Waals surface area contributed by atoms with E-state index in [0.29, 0.717) is 12.1 Å². The second-order valence-electron chi connectivity index (χ2n) is 4.22. The molecule has 18 heavy (non-hydrogen) atoms. The Morgan fingerprint density at radius 3 is 2.44 bits per heavy atom. The van der Waals surface area contributed by atoms with Crippen LogP contribution < -0.4 is 5.32 Å². The van der Waals surface area contributed by atoms with Gasteiger partial charge in [-0.25, -0.2) is 4.39 Å². The molecule has 0 heterocycles. The van der Waals surface area contributed by atoms with E-state index in [1.165, 1.54) is 12.1 Å². The highest BCUT2D eigenvalue weighted by Crippen LogP contribution is 2.14. The van der Waals surface area contributed by atoms with Crippen molar-refractivity contribution in [3.63, 3.8) is 0 Å². The predicted molar refractivity (Wildman–Crippen MR) is 73.2 cm³/mol. The molecule has 3 nitrogen and oxygen atoms in total. The van der Waals surface area contributed by atoms with Crippen molar-refractivity contribution in [1.82, 2.24) is 5.32 Å². The topological polar surface area (TPSA) is 52.5 Å². The van der Waals surface area contributed by atoms with Crippen LogP contribution in [-0.2, 0) is 0 Å². The highest BCUT2D eigenvalue weighted by atomic mass is 32.2. The number of halogens is 1. The molecule has 0 saturated heterocycles. The van der Waals surface area contributed by atoms with Gasteiger partial charge in [-0.05, 0) is 30.9 Å². The summed E-state index contributed by atoms with van der Waals surface area (Å²) in [6, 6.07) is 5.91. The van der Waals surface area contributed by atoms with E-state index in [-0.39, 0.29) is 23.7 Å². The molecule has 1 rings (SSSR count). The Kier molecular flexibility index (Phi) is 6.63. The van der Waals surface area contributed by atoms with E-state index in [2.05, 4.69) is 5.32 Å². The van der Waals surface area contributed by atoms with Gasteiger partial charge in [-0.2, -0.15) is 11.8 Å². The number of nitrogens with one attached hydrogen (secondary N) is 1. The Balaban J connectivity index is 2.45. The van der Waals surface area contributed by atoms with Crippen LogP contribution in [0.15, 0.2) is 24.3 Å². The predicted octanol–water partition coefficient (Wildman–Crippen LogP) is 1.56. The minimum Gasteiger partial charge on any atom is -0.395 e. The van der Waals surface area contributed by atoms with Gasteiger partial charge in [0.05, 0.1) is 12.7 Å². The van der Waals surface area contributed by atoms with Crippen LogP contribution in [0, 0.1) is 5.82 Å². The van der Waals surface area contributed by atoms with E-state index < -0.39 is 6.10 Å². The number of thioether (sulfide) groups is 1. The number of aliphatic hydroxyl groups excluding tert-OH is 2. The molecule has 1 aromatic rings. The molecule has 0 amide bonds. The third kappa shape index (κ3) is 4.57. The van der Waals surface area contributed by atoms with Gasteiger partial charge < -0.3 is 15.5 Å². The minimum absolute atomic E-state index is 0.0973. The van der Waals surface area contributed by atoms with Crippen LogP contribution >= 0.6 is 11.8 Å². The molecule has 0 aliphatic heterocycles. The van der Waals surface area contributed by atoms with Crippen molar-refractivity contribution in [2.45, 2.75) is 24.3 Å². The summed E-state index contributed by atoms with van der Waals surface area (Å²) in [7, 11) is 0. The average molecular weight is 273 g/mol. The molecule has 0 aliphatic carbocycles. The summed E-state index contributed by atoms with van der Waals surface area (Å²) in [4.78, 5) is 0. The van der Waals surface area contributed by atoms with Crippen LogP contribution in [0.4, 0.5) is 4.39 Å². The zero-order valence-corrected chi connectivity index (χ0v) is 11.5. The van der Waals surface area contributed by atoms with Crippen LogP contribution in [0.2, 0.25) is 0 Å². The Bertz CT molecular complexity index is 343. The smallest absolute Gasteiger partial charge is 0.123 e. The molecule has 1 aromatic carbocycles. The normalized spacial score (nSPS) is 16.3. The number of hydrogen-bond acceptors (Lipinski definition) is 4. The van der Waals surface area contributed by atoms with Gasteiger partial charge in [-0.1, -0.05) is 12.1 Å². The number of aliphatic hydroxyl groups is 2. The molecule has 0 bridgehead atoms. The van der Waals surface area contributed by atoms with E-state index in [0.717, 1.165) is 0 Å². The zero-order chi connectivity index (χ0) is 13.5. The quantitative estimate of drug-likeness (QED) is 0.706. The lowest BCUT2D eigenvalue weighted by molar-refractivity contribution is 0.167. The molecule has 3 unspecified atom stereocenters. The van der Waals surface area contributed by atoms with Crippen molar-refractivity contribution in [1.29, 1.82) is 0 Å². The largest absolute Gasteiger partial charge is 0.395 e. The van der Waals surface area contributed by atoms with Gasteiger partial charge in [0.25, 0.3) is 0 Å². The van der Waals surface area contributed by atoms with Gasteiger partial charge in [-0.15, -0.1) is 0 Å². The first-order valence-electron chi connectivity index (χ1n) is 5.89. The summed E-state index contributed by atoms with van der Waals surface area (Å²) in [6.07, 6.45) is 1.27. The van der Waals surface area contributed by atoms with E-state index in [4.69, 9.17) is 5.11 Å². The van der Waals surface area contributed by atoms with Gasteiger partial charge in [0.2, 0.25) is 0 Å². The molecular formula is C13H20FNO2S. The van der Waals surface area contributed by atoms with Crippen LogP contribution in [-0.4, -0.2) is 40.9 Å². The van der Waals surface area contributed by atoms with Crippen molar-refractivity contribution >= 4 is 11.8 Å². The third-order valence-corrected chi connectivity index (χ3v) is 4.09. The second-order valence-corrected chi connectivity index (χ2v) is 5.30. The standard InChI is InChI=1S/C13H20FNO2S/c1-9(13(8-16)18-2)15-7-12(17)10-3-5-11(14)6-4-10/h3-6,9,12-13,15-17H,7-8H2,1-2H3. The SMILES string of the molecule is CSC(CO)C(C)NCC(O)c1ccc(F)cc1. The lowest BCUT2D eigenvalue weighted by atomic mass is 10.1. The van der Waals surface area contributed by atoms with Gasteiger partial charge in [0, 0.05) is 17.8 Å². The van der Waals surface area contributed by atoms with E-state index in [1.807, 2.05) is 13.2 Å². The van der Waals surface area contributed by atoms with Gasteiger partial charge in [0.1, 0.15) is 5.82 Å². The number of hydrogen-bond donors (Lipinski definition) is 3. The molecule has 102 valence electrons. The highest BCUT2D eigenvalue weighted by Gasteiger charge is 2.16. The fraction of sp³-hybridized carbons (Fsp3) is 0.538. The van der Waals surface area contributed by atoms with Gasteiger partial charge in [0.15, 0.2) is 0 Å². The van der Waals surface area contributed by atoms with Crippen molar-refractivity contribution < 1.29 is 14.6 Å². The molecule has 5 heteroatoms. The van der Waals surface area contributed by atoms with Crippen molar-refractivity contribution in [3.8, 4) is 0 Å². The van der Waals surface area contributed by atoms with Gasteiger partial charge >= 0.3 is 0 Å². The molecule has 3 N–H and O–H groups in total. The fourth-order valence-electron chi connectivity index (χ4n) is 1.67. The highest BCUT2D eigenvalue weighted by molar-refractivity contribution is 7.99. The molecule has 0 aromatic heterocycles. The van der Waals surface area contributed by atoms with Gasteiger partial charge in [-0.3, -0.25) is 0 Å². The van der Waals surface area contributed by atoms with E-state index in [1.54, 1.807) is 23.9 Å². The number of benzene rings is 1. The first-order chi connectivity index (χ1) is 8.58. The molecule has 0 radical (unpaired) electrons. The average Bonchev–Trinajstić information content (AvgIpc) is 2.38. The summed E-state index contributed by atoms with van der Waals surface area (Å²) in [6.45, 7) is 2.45. The van der Waals surface area contributed by atoms with Crippen LogP contribution in [0.25, 0.3) is 0 Å². The summed E-state index contributed by atoms with van der Waals surface area (Å²) in [5, 5.41) is 22.4. The van der Waals surface area contributed by atoms with E-state index >= 15 is 0 Å². The Labute approximate surface area is 111 Å². The lowest BCUT2D eigenvalue weighted by Gasteiger charge is -2.23. The van der Waals surface area contributed by atoms with Crippen LogP contribution in [0.3, 0.4) is 0 Å². The maximum Gasteiger partial charge on any atom is 0.123 e. The molecule has 0 fully saturated rings. The molecule has 0 saturated carbocycles. The third-order valence-electron chi connectivity index (χ3n) is 2.93. The van der Waals surface area contributed by atoms with Crippen molar-refractivity contribution in [3.05, 3.63) is 35.6 Å². The summed E-state index contributed by atoms with van der Waals surface area (Å²) < 4.78 is 12.7. The minimum atomic E-state index is -0.672. The first-order valence-corrected chi connectivity index (χ1v) is 7.17. The maximum atomic E-state index is 12.7. The lowest BCUT2D eigenvalue weighted by Crippen LogP contribution is -2.39. The summed E-state index contributed by atoms with van der Waals surface area (Å²) in [5.41, 5.74) is 0.681. The monoisotopic (exact) mass is 273 g/mol. The van der Waals surface area contributed by atoms with E-state index in [9.17, 15) is 9.50 Å². The summed E-state index contributed by atoms with van der Waals surface area (Å²) in [5.74, 6) is -0.310. The molecule has 3 atom stereocenters. The molecule has 0 spiro atoms. The van der Waals surface area contributed by atoms with Crippen molar-refractivity contribution in [2.75, 3.05) is 19.4 Å². The summed E-state index contributed by atoms with van der Waals surface area (Å²) >= 11 is 1.58. The van der Waals surface area contributed by atoms with Crippen molar-refractivity contribution in [2.24, 2.45) is 0 Å². The Hall–Kier alpha value is -0.620. The molecule has 0 aliphatic rings. The fourth-order valence-corrected chi connectivity index (χ4v) is 2.32. The Morgan fingerprint density at radius 2 is 1.94 bits per heavy atom. The zero-order valence-electron chi connectivity index (χ0n) is 10.6. The van der Waals surface area contributed by atoms with Crippen LogP contribution in [0.1, 0.15) is 18.6 Å². The number of rotatable bonds is 7. The second kappa shape index (κ2) is 7.74. The maximum absolute atomic E-state index is 12.7.